The van der Waals surface area contributed by atoms with E-state index in [9.17, 15) is 0 Å². The largest absolute Gasteiger partial charge is 0.493 e. The third-order valence-electron chi connectivity index (χ3n) is 4.60. The zero-order valence-electron chi connectivity index (χ0n) is 17.1. The molecule has 0 aliphatic carbocycles. The van der Waals surface area contributed by atoms with Crippen LogP contribution in [-0.2, 0) is 12.8 Å². The van der Waals surface area contributed by atoms with Crippen molar-refractivity contribution in [1.29, 1.82) is 0 Å². The van der Waals surface area contributed by atoms with Gasteiger partial charge in [-0.15, -0.1) is 0 Å². The summed E-state index contributed by atoms with van der Waals surface area (Å²) in [6.45, 7) is 5.52. The standard InChI is InChI=1S/C20H30N4O3/c1-14-17(15(2)27-23-14)9-11-22-20(21-3)24(4)12-10-16-7-8-18(25-5)19(13-16)26-6/h7-8,13H,9-12H2,1-6H3,(H,21,22). The first-order valence-electron chi connectivity index (χ1n) is 9.04. The van der Waals surface area contributed by atoms with E-state index in [1.807, 2.05) is 33.0 Å². The van der Waals surface area contributed by atoms with Crippen molar-refractivity contribution in [3.8, 4) is 11.5 Å². The third-order valence-corrected chi connectivity index (χ3v) is 4.60. The minimum atomic E-state index is 0.742. The highest BCUT2D eigenvalue weighted by atomic mass is 16.5. The Morgan fingerprint density at radius 1 is 1.19 bits per heavy atom. The van der Waals surface area contributed by atoms with Gasteiger partial charge in [0, 0.05) is 32.7 Å². The van der Waals surface area contributed by atoms with Crippen LogP contribution in [0.25, 0.3) is 0 Å². The Kier molecular flexibility index (Phi) is 7.52. The number of aryl methyl sites for hydroxylation is 2. The first-order chi connectivity index (χ1) is 13.0. The minimum absolute atomic E-state index is 0.742. The van der Waals surface area contributed by atoms with E-state index in [0.29, 0.717) is 0 Å². The molecule has 0 atom stereocenters. The molecule has 2 rings (SSSR count). The molecule has 1 heterocycles. The summed E-state index contributed by atoms with van der Waals surface area (Å²) in [5.74, 6) is 3.24. The van der Waals surface area contributed by atoms with Crippen molar-refractivity contribution < 1.29 is 14.0 Å². The number of guanidine groups is 1. The number of hydrogen-bond acceptors (Lipinski definition) is 5. The van der Waals surface area contributed by atoms with E-state index in [1.54, 1.807) is 21.3 Å². The summed E-state index contributed by atoms with van der Waals surface area (Å²) in [6, 6.07) is 6.01. The average Bonchev–Trinajstić information content (AvgIpc) is 3.00. The van der Waals surface area contributed by atoms with Crippen molar-refractivity contribution in [3.63, 3.8) is 0 Å². The third kappa shape index (κ3) is 5.39. The predicted molar refractivity (Wildman–Crippen MR) is 107 cm³/mol. The number of rotatable bonds is 8. The second-order valence-corrected chi connectivity index (χ2v) is 6.39. The van der Waals surface area contributed by atoms with Crippen LogP contribution < -0.4 is 14.8 Å². The summed E-state index contributed by atoms with van der Waals surface area (Å²) in [6.07, 6.45) is 1.73. The highest BCUT2D eigenvalue weighted by Crippen LogP contribution is 2.27. The van der Waals surface area contributed by atoms with E-state index in [2.05, 4.69) is 26.4 Å². The van der Waals surface area contributed by atoms with Crippen LogP contribution in [-0.4, -0.2) is 57.4 Å². The molecule has 0 saturated heterocycles. The average molecular weight is 374 g/mol. The molecule has 0 saturated carbocycles. The SMILES string of the molecule is CN=C(NCCc1c(C)noc1C)N(C)CCc1ccc(OC)c(OC)c1. The summed E-state index contributed by atoms with van der Waals surface area (Å²) in [5.41, 5.74) is 3.29. The Morgan fingerprint density at radius 3 is 2.52 bits per heavy atom. The topological polar surface area (TPSA) is 72.1 Å². The molecule has 7 heteroatoms. The molecule has 0 amide bonds. The summed E-state index contributed by atoms with van der Waals surface area (Å²) in [7, 11) is 7.12. The Labute approximate surface area is 161 Å². The van der Waals surface area contributed by atoms with Crippen LogP contribution in [0.4, 0.5) is 0 Å². The minimum Gasteiger partial charge on any atom is -0.493 e. The Hall–Kier alpha value is -2.70. The Bertz CT molecular complexity index is 751. The van der Waals surface area contributed by atoms with Gasteiger partial charge in [0.25, 0.3) is 0 Å². The van der Waals surface area contributed by atoms with Gasteiger partial charge >= 0.3 is 0 Å². The van der Waals surface area contributed by atoms with Crippen LogP contribution >= 0.6 is 0 Å². The van der Waals surface area contributed by atoms with E-state index in [4.69, 9.17) is 14.0 Å². The van der Waals surface area contributed by atoms with Crippen molar-refractivity contribution in [3.05, 3.63) is 40.8 Å². The maximum atomic E-state index is 5.37. The van der Waals surface area contributed by atoms with Crippen LogP contribution in [0, 0.1) is 13.8 Å². The number of likely N-dealkylation sites (N-methyl/N-ethyl adjacent to an activating group) is 1. The molecular weight excluding hydrogens is 344 g/mol. The predicted octanol–water partition coefficient (Wildman–Crippen LogP) is 2.60. The molecule has 0 aliphatic rings. The van der Waals surface area contributed by atoms with Crippen molar-refractivity contribution in [1.82, 2.24) is 15.4 Å². The van der Waals surface area contributed by atoms with Gasteiger partial charge < -0.3 is 24.2 Å². The summed E-state index contributed by atoms with van der Waals surface area (Å²) >= 11 is 0. The van der Waals surface area contributed by atoms with Crippen LogP contribution in [0.2, 0.25) is 0 Å². The molecule has 7 nitrogen and oxygen atoms in total. The van der Waals surface area contributed by atoms with E-state index in [-0.39, 0.29) is 0 Å². The number of hydrogen-bond donors (Lipinski definition) is 1. The lowest BCUT2D eigenvalue weighted by Crippen LogP contribution is -2.40. The lowest BCUT2D eigenvalue weighted by molar-refractivity contribution is 0.354. The van der Waals surface area contributed by atoms with Crippen molar-refractivity contribution in [2.24, 2.45) is 4.99 Å². The molecule has 1 aromatic heterocycles. The molecule has 2 aromatic rings. The molecule has 0 spiro atoms. The van der Waals surface area contributed by atoms with Crippen LogP contribution in [0.5, 0.6) is 11.5 Å². The zero-order chi connectivity index (χ0) is 19.8. The highest BCUT2D eigenvalue weighted by Gasteiger charge is 2.11. The maximum Gasteiger partial charge on any atom is 0.193 e. The molecule has 0 unspecified atom stereocenters. The maximum absolute atomic E-state index is 5.37. The molecule has 0 bridgehead atoms. The molecule has 27 heavy (non-hydrogen) atoms. The lowest BCUT2D eigenvalue weighted by atomic mass is 10.1. The monoisotopic (exact) mass is 374 g/mol. The molecule has 1 aromatic carbocycles. The molecule has 1 N–H and O–H groups in total. The van der Waals surface area contributed by atoms with Gasteiger partial charge in [0.2, 0.25) is 0 Å². The molecule has 0 fully saturated rings. The molecule has 0 radical (unpaired) electrons. The van der Waals surface area contributed by atoms with Crippen LogP contribution in [0.15, 0.2) is 27.7 Å². The number of nitrogens with zero attached hydrogens (tertiary/aromatic N) is 3. The Balaban J connectivity index is 1.87. The van der Waals surface area contributed by atoms with Gasteiger partial charge in [-0.3, -0.25) is 4.99 Å². The number of benzene rings is 1. The summed E-state index contributed by atoms with van der Waals surface area (Å²) in [5, 5.41) is 7.40. The highest BCUT2D eigenvalue weighted by molar-refractivity contribution is 5.79. The number of nitrogens with one attached hydrogen (secondary N) is 1. The van der Waals surface area contributed by atoms with Crippen LogP contribution in [0.1, 0.15) is 22.6 Å². The van der Waals surface area contributed by atoms with Crippen molar-refractivity contribution in [2.75, 3.05) is 41.4 Å². The fourth-order valence-electron chi connectivity index (χ4n) is 2.98. The number of aromatic nitrogens is 1. The van der Waals surface area contributed by atoms with E-state index >= 15 is 0 Å². The molecule has 0 aliphatic heterocycles. The van der Waals surface area contributed by atoms with E-state index < -0.39 is 0 Å². The van der Waals surface area contributed by atoms with Gasteiger partial charge in [-0.05, 0) is 44.4 Å². The first-order valence-corrected chi connectivity index (χ1v) is 9.04. The Morgan fingerprint density at radius 2 is 1.93 bits per heavy atom. The normalized spacial score (nSPS) is 11.4. The quantitative estimate of drug-likeness (QED) is 0.566. The van der Waals surface area contributed by atoms with E-state index in [1.165, 1.54) is 5.56 Å². The van der Waals surface area contributed by atoms with Gasteiger partial charge in [-0.2, -0.15) is 0 Å². The van der Waals surface area contributed by atoms with Gasteiger partial charge in [0.15, 0.2) is 17.5 Å². The number of aliphatic imine (C=N–C) groups is 1. The van der Waals surface area contributed by atoms with E-state index in [0.717, 1.165) is 60.4 Å². The lowest BCUT2D eigenvalue weighted by Gasteiger charge is -2.22. The van der Waals surface area contributed by atoms with Gasteiger partial charge in [0.05, 0.1) is 19.9 Å². The van der Waals surface area contributed by atoms with Gasteiger partial charge in [-0.1, -0.05) is 11.2 Å². The molecule has 148 valence electrons. The second kappa shape index (κ2) is 9.85. The fraction of sp³-hybridized carbons (Fsp3) is 0.500. The van der Waals surface area contributed by atoms with Crippen molar-refractivity contribution in [2.45, 2.75) is 26.7 Å². The van der Waals surface area contributed by atoms with Gasteiger partial charge in [-0.25, -0.2) is 0 Å². The number of methoxy groups -OCH3 is 2. The van der Waals surface area contributed by atoms with Crippen molar-refractivity contribution >= 4 is 5.96 Å². The number of ether oxygens (including phenoxy) is 2. The van der Waals surface area contributed by atoms with Gasteiger partial charge in [0.1, 0.15) is 5.76 Å². The summed E-state index contributed by atoms with van der Waals surface area (Å²) in [4.78, 5) is 6.49. The van der Waals surface area contributed by atoms with Crippen LogP contribution in [0.3, 0.4) is 0 Å². The fourth-order valence-corrected chi connectivity index (χ4v) is 2.98. The smallest absolute Gasteiger partial charge is 0.193 e. The first kappa shape index (κ1) is 20.6. The second-order valence-electron chi connectivity index (χ2n) is 6.39. The zero-order valence-corrected chi connectivity index (χ0v) is 17.1. The molecular formula is C20H30N4O3. The summed E-state index contributed by atoms with van der Waals surface area (Å²) < 4.78 is 15.9.